The molecule has 6 aromatic carbocycles. The third kappa shape index (κ3) is 8.37. The lowest BCUT2D eigenvalue weighted by atomic mass is 9.69. The molecule has 16 rings (SSSR count). The SMILES string of the molecule is C[C@H]1COC2=C1C(=O)C(=O)c1c2ccc2c1CCCC2(C)C.Cc1cccc2c3c(ccc12)C1=C(C(=O)C3=O)[C@@H](C)CO1.Cc1coc2c1C(=O)C(=O)c1c-2ccc2c(C)cccc12.Cc1coc2c1C(=O)C(=O)c1c-2ccc2c1CCCC2(C)C. The first kappa shape index (κ1) is 56.0. The number of ether oxygens (including phenoxy) is 2. The van der Waals surface area contributed by atoms with E-state index in [1.807, 2.05) is 100 Å². The molecule has 432 valence electrons. The van der Waals surface area contributed by atoms with Crippen LogP contribution >= 0.6 is 0 Å². The second-order valence-corrected chi connectivity index (χ2v) is 25.6. The molecule has 0 radical (unpaired) electrons. The predicted molar refractivity (Wildman–Crippen MR) is 327 cm³/mol. The zero-order valence-corrected chi connectivity index (χ0v) is 49.9. The van der Waals surface area contributed by atoms with Crippen LogP contribution in [-0.4, -0.2) is 59.5 Å². The lowest BCUT2D eigenvalue weighted by molar-refractivity contribution is -0.112. The largest absolute Gasteiger partial charge is 0.492 e. The first-order valence-electron chi connectivity index (χ1n) is 29.7. The summed E-state index contributed by atoms with van der Waals surface area (Å²) >= 11 is 0. The summed E-state index contributed by atoms with van der Waals surface area (Å²) in [6.45, 7) is 21.2. The van der Waals surface area contributed by atoms with Gasteiger partial charge in [0.15, 0.2) is 0 Å². The molecule has 6 aliphatic carbocycles. The molecule has 86 heavy (non-hydrogen) atoms. The minimum atomic E-state index is -0.474. The average molecular weight is 1150 g/mol. The Bertz CT molecular complexity index is 4540. The van der Waals surface area contributed by atoms with Crippen LogP contribution in [-0.2, 0) is 42.7 Å². The van der Waals surface area contributed by atoms with Gasteiger partial charge in [0, 0.05) is 56.3 Å². The van der Waals surface area contributed by atoms with E-state index in [1.165, 1.54) is 17.4 Å². The van der Waals surface area contributed by atoms with E-state index in [-0.39, 0.29) is 40.0 Å². The summed E-state index contributed by atoms with van der Waals surface area (Å²) < 4.78 is 22.6. The van der Waals surface area contributed by atoms with Gasteiger partial charge in [0.1, 0.15) is 23.0 Å². The van der Waals surface area contributed by atoms with Crippen molar-refractivity contribution in [1.29, 1.82) is 0 Å². The van der Waals surface area contributed by atoms with Crippen LogP contribution in [0.2, 0.25) is 0 Å². The third-order valence-corrected chi connectivity index (χ3v) is 19.1. The second kappa shape index (κ2) is 20.2. The van der Waals surface area contributed by atoms with Crippen molar-refractivity contribution in [2.75, 3.05) is 13.2 Å². The molecule has 2 atom stereocenters. The molecular weight excluding hydrogens is 1080 g/mol. The molecular formula is C74H64O12. The summed E-state index contributed by atoms with van der Waals surface area (Å²) in [5.74, 6) is -0.908. The van der Waals surface area contributed by atoms with Crippen molar-refractivity contribution in [2.24, 2.45) is 11.8 Å². The number of ketones is 8. The van der Waals surface area contributed by atoms with E-state index in [0.717, 1.165) is 105 Å². The number of hydrogen-bond donors (Lipinski definition) is 0. The second-order valence-electron chi connectivity index (χ2n) is 25.6. The van der Waals surface area contributed by atoms with E-state index in [1.54, 1.807) is 20.1 Å². The zero-order chi connectivity index (χ0) is 60.7. The van der Waals surface area contributed by atoms with Gasteiger partial charge in [0.25, 0.3) is 0 Å². The lowest BCUT2D eigenvalue weighted by Crippen LogP contribution is -2.31. The van der Waals surface area contributed by atoms with Crippen LogP contribution in [0.3, 0.4) is 0 Å². The minimum absolute atomic E-state index is 0.00655. The summed E-state index contributed by atoms with van der Waals surface area (Å²) in [4.78, 5) is 100. The molecule has 2 aliphatic heterocycles. The number of carbonyl (C=O) groups excluding carboxylic acids is 8. The Labute approximate surface area is 497 Å². The number of benzene rings is 6. The summed E-state index contributed by atoms with van der Waals surface area (Å²) in [5, 5.41) is 3.64. The maximum Gasteiger partial charge on any atom is 0.237 e. The van der Waals surface area contributed by atoms with Gasteiger partial charge < -0.3 is 18.3 Å². The quantitative estimate of drug-likeness (QED) is 0.131. The summed E-state index contributed by atoms with van der Waals surface area (Å²) in [6.07, 6.45) is 9.15. The van der Waals surface area contributed by atoms with E-state index in [9.17, 15) is 38.4 Å². The Balaban J connectivity index is 0.000000106. The molecule has 8 aromatic rings. The fourth-order valence-corrected chi connectivity index (χ4v) is 14.6. The summed E-state index contributed by atoms with van der Waals surface area (Å²) in [6, 6.07) is 27.5. The Kier molecular flexibility index (Phi) is 13.2. The molecule has 0 amide bonds. The van der Waals surface area contributed by atoms with Crippen LogP contribution in [0.15, 0.2) is 117 Å². The number of Topliss-reactive ketones (excluding diaryl/α,β-unsaturated/α-hetero) is 8. The average Bonchev–Trinajstić information content (AvgIpc) is 1.88. The maximum atomic E-state index is 12.7. The predicted octanol–water partition coefficient (Wildman–Crippen LogP) is 15.1. The zero-order valence-electron chi connectivity index (χ0n) is 49.9. The molecule has 0 saturated heterocycles. The van der Waals surface area contributed by atoms with Crippen molar-refractivity contribution in [3.05, 3.63) is 198 Å². The number of aryl methyl sites for hydroxylation is 4. The Morgan fingerprint density at radius 3 is 1.23 bits per heavy atom. The third-order valence-electron chi connectivity index (χ3n) is 19.1. The highest BCUT2D eigenvalue weighted by atomic mass is 16.5. The molecule has 8 aliphatic rings. The van der Waals surface area contributed by atoms with Gasteiger partial charge in [-0.05, 0) is 155 Å². The normalized spacial score (nSPS) is 19.6. The molecule has 0 fully saturated rings. The molecule has 2 aromatic heterocycles. The van der Waals surface area contributed by atoms with Crippen LogP contribution in [0, 0.1) is 39.5 Å². The smallest absolute Gasteiger partial charge is 0.237 e. The van der Waals surface area contributed by atoms with Gasteiger partial charge in [0.2, 0.25) is 46.3 Å². The highest BCUT2D eigenvalue weighted by Crippen LogP contribution is 2.48. The fraction of sp³-hybridized carbons (Fsp3) is 0.297. The van der Waals surface area contributed by atoms with Gasteiger partial charge in [-0.1, -0.05) is 114 Å². The van der Waals surface area contributed by atoms with Crippen LogP contribution in [0.5, 0.6) is 0 Å². The van der Waals surface area contributed by atoms with Crippen molar-refractivity contribution < 1.29 is 56.7 Å². The fourth-order valence-electron chi connectivity index (χ4n) is 14.6. The number of carbonyl (C=O) groups is 8. The minimum Gasteiger partial charge on any atom is -0.492 e. The Morgan fingerprint density at radius 2 is 0.744 bits per heavy atom. The highest BCUT2D eigenvalue weighted by molar-refractivity contribution is 6.56. The van der Waals surface area contributed by atoms with Crippen molar-refractivity contribution >= 4 is 79.3 Å². The van der Waals surface area contributed by atoms with E-state index in [2.05, 4.69) is 39.8 Å². The number of hydrogen-bond acceptors (Lipinski definition) is 12. The van der Waals surface area contributed by atoms with Gasteiger partial charge in [-0.15, -0.1) is 0 Å². The first-order chi connectivity index (χ1) is 41.0. The Morgan fingerprint density at radius 1 is 0.384 bits per heavy atom. The van der Waals surface area contributed by atoms with Crippen molar-refractivity contribution in [3.8, 4) is 22.6 Å². The van der Waals surface area contributed by atoms with Gasteiger partial charge in [-0.3, -0.25) is 38.4 Å². The molecule has 4 heterocycles. The van der Waals surface area contributed by atoms with Crippen LogP contribution < -0.4 is 0 Å². The van der Waals surface area contributed by atoms with Crippen molar-refractivity contribution in [1.82, 2.24) is 0 Å². The van der Waals surface area contributed by atoms with Crippen molar-refractivity contribution in [3.63, 3.8) is 0 Å². The van der Waals surface area contributed by atoms with Crippen LogP contribution in [0.25, 0.3) is 55.7 Å². The Hall–Kier alpha value is -9.16. The van der Waals surface area contributed by atoms with Gasteiger partial charge >= 0.3 is 0 Å². The summed E-state index contributed by atoms with van der Waals surface area (Å²) in [7, 11) is 0. The molecule has 12 heteroatoms. The highest BCUT2D eigenvalue weighted by Gasteiger charge is 2.45. The number of furan rings is 2. The first-order valence-corrected chi connectivity index (χ1v) is 29.7. The molecule has 0 N–H and O–H groups in total. The number of fused-ring (bicyclic) bond motifs is 18. The van der Waals surface area contributed by atoms with E-state index < -0.39 is 28.9 Å². The molecule has 0 spiro atoms. The van der Waals surface area contributed by atoms with Gasteiger partial charge in [0.05, 0.1) is 48.0 Å². The van der Waals surface area contributed by atoms with Crippen LogP contribution in [0.4, 0.5) is 0 Å². The van der Waals surface area contributed by atoms with E-state index in [4.69, 9.17) is 18.3 Å². The lowest BCUT2D eigenvalue weighted by Gasteiger charge is -2.35. The summed E-state index contributed by atoms with van der Waals surface area (Å²) in [5.41, 5.74) is 15.4. The van der Waals surface area contributed by atoms with Gasteiger partial charge in [-0.25, -0.2) is 0 Å². The number of rotatable bonds is 0. The molecule has 0 bridgehead atoms. The monoisotopic (exact) mass is 1140 g/mol. The topological polar surface area (TPSA) is 181 Å². The van der Waals surface area contributed by atoms with Crippen molar-refractivity contribution in [2.45, 2.75) is 119 Å². The van der Waals surface area contributed by atoms with E-state index >= 15 is 0 Å². The maximum absolute atomic E-state index is 12.7. The van der Waals surface area contributed by atoms with E-state index in [0.29, 0.717) is 91.9 Å². The molecule has 0 unspecified atom stereocenters. The molecule has 0 saturated carbocycles. The van der Waals surface area contributed by atoms with Gasteiger partial charge in [-0.2, -0.15) is 0 Å². The molecule has 12 nitrogen and oxygen atoms in total. The standard InChI is InChI=1S/C19H20O3.C19H18O3.C18H14O3.C18H12O3/c2*1-10-9-22-18-12-6-7-13-11(5-4-8-19(13,2)3)15(12)17(21)16(20)14(10)18;2*1-9-4-3-5-12-11(9)6-7-13-15(12)17(20)16(19)14-10(2)8-21-18(13)14/h6-7,10H,4-5,8-9H2,1-3H3;6-7,9H,4-5,8H2,1-3H3;3-7,10H,8H2,1-2H3;3-8H,1-2H3/t10-;;10-;/m0.0./s1. The van der Waals surface area contributed by atoms with Crippen LogP contribution in [0.1, 0.15) is 185 Å².